The molecule has 0 radical (unpaired) electrons. The van der Waals surface area contributed by atoms with Crippen LogP contribution in [0.5, 0.6) is 11.5 Å². The van der Waals surface area contributed by atoms with Gasteiger partial charge in [0, 0.05) is 16.5 Å². The summed E-state index contributed by atoms with van der Waals surface area (Å²) in [5.41, 5.74) is 15.2. The number of benzene rings is 7. The monoisotopic (exact) mass is 574 g/mol. The number of para-hydroxylation sites is 1. The van der Waals surface area contributed by atoms with Crippen LogP contribution in [0.15, 0.2) is 146 Å². The third-order valence-corrected chi connectivity index (χ3v) is 10.7. The van der Waals surface area contributed by atoms with Gasteiger partial charge in [-0.05, 0) is 84.6 Å². The average Bonchev–Trinajstić information content (AvgIpc) is 3.55. The van der Waals surface area contributed by atoms with E-state index in [9.17, 15) is 0 Å². The Labute approximate surface area is 263 Å². The van der Waals surface area contributed by atoms with Gasteiger partial charge in [-0.2, -0.15) is 0 Å². The Bertz CT molecular complexity index is 2390. The Kier molecular flexibility index (Phi) is 4.78. The molecule has 1 aliphatic heterocycles. The highest BCUT2D eigenvalue weighted by Gasteiger charge is 2.52. The molecule has 1 heteroatoms. The van der Waals surface area contributed by atoms with Crippen LogP contribution in [0, 0.1) is 0 Å². The lowest BCUT2D eigenvalue weighted by molar-refractivity contribution is 0.419. The normalized spacial score (nSPS) is 17.6. The summed E-state index contributed by atoms with van der Waals surface area (Å²) in [4.78, 5) is 0. The van der Waals surface area contributed by atoms with Crippen LogP contribution in [0.3, 0.4) is 0 Å². The predicted molar refractivity (Wildman–Crippen MR) is 184 cm³/mol. The highest BCUT2D eigenvalue weighted by molar-refractivity contribution is 6.06. The van der Waals surface area contributed by atoms with Crippen molar-refractivity contribution < 1.29 is 4.74 Å². The third kappa shape index (κ3) is 3.03. The maximum Gasteiger partial charge on any atom is 0.132 e. The second-order valence-electron chi connectivity index (χ2n) is 13.2. The molecule has 1 unspecified atom stereocenters. The van der Waals surface area contributed by atoms with Gasteiger partial charge < -0.3 is 4.74 Å². The van der Waals surface area contributed by atoms with Gasteiger partial charge in [0.15, 0.2) is 0 Å². The highest BCUT2D eigenvalue weighted by Crippen LogP contribution is 2.64. The minimum Gasteiger partial charge on any atom is -0.457 e. The number of hydrogen-bond acceptors (Lipinski definition) is 1. The molecule has 2 aliphatic carbocycles. The van der Waals surface area contributed by atoms with E-state index in [1.54, 1.807) is 0 Å². The Morgan fingerprint density at radius 1 is 0.444 bits per heavy atom. The van der Waals surface area contributed by atoms with E-state index in [0.717, 1.165) is 11.5 Å². The van der Waals surface area contributed by atoms with Crippen LogP contribution in [0.4, 0.5) is 0 Å². The first-order chi connectivity index (χ1) is 22.1. The zero-order chi connectivity index (χ0) is 29.9. The van der Waals surface area contributed by atoms with Gasteiger partial charge in [-0.1, -0.05) is 141 Å². The van der Waals surface area contributed by atoms with E-state index >= 15 is 0 Å². The number of ether oxygens (including phenoxy) is 1. The van der Waals surface area contributed by atoms with Gasteiger partial charge in [0.05, 0.1) is 5.41 Å². The maximum atomic E-state index is 6.51. The summed E-state index contributed by atoms with van der Waals surface area (Å²) in [5.74, 6) is 1.89. The largest absolute Gasteiger partial charge is 0.457 e. The second kappa shape index (κ2) is 8.61. The summed E-state index contributed by atoms with van der Waals surface area (Å²) >= 11 is 0. The summed E-state index contributed by atoms with van der Waals surface area (Å²) in [6, 6.07) is 53.9. The molecular weight excluding hydrogens is 544 g/mol. The van der Waals surface area contributed by atoms with Crippen LogP contribution in [-0.2, 0) is 10.8 Å². The molecule has 1 spiro atoms. The van der Waals surface area contributed by atoms with Crippen molar-refractivity contribution >= 4 is 10.8 Å². The lowest BCUT2D eigenvalue weighted by atomic mass is 9.70. The smallest absolute Gasteiger partial charge is 0.132 e. The Morgan fingerprint density at radius 3 is 1.93 bits per heavy atom. The van der Waals surface area contributed by atoms with Gasteiger partial charge in [0.1, 0.15) is 11.5 Å². The van der Waals surface area contributed by atoms with Gasteiger partial charge in [-0.25, -0.2) is 0 Å². The van der Waals surface area contributed by atoms with Gasteiger partial charge in [-0.3, -0.25) is 0 Å². The topological polar surface area (TPSA) is 9.23 Å². The van der Waals surface area contributed by atoms with Crippen molar-refractivity contribution in [3.05, 3.63) is 179 Å². The van der Waals surface area contributed by atoms with Crippen molar-refractivity contribution in [2.45, 2.75) is 24.7 Å². The third-order valence-electron chi connectivity index (χ3n) is 10.7. The summed E-state index contributed by atoms with van der Waals surface area (Å²) in [7, 11) is 0. The van der Waals surface area contributed by atoms with Gasteiger partial charge in [0.2, 0.25) is 0 Å². The zero-order valence-electron chi connectivity index (χ0n) is 25.3. The first kappa shape index (κ1) is 25.0. The summed E-state index contributed by atoms with van der Waals surface area (Å²) in [6.45, 7) is 4.65. The molecule has 7 aromatic rings. The van der Waals surface area contributed by atoms with Crippen LogP contribution in [0.2, 0.25) is 0 Å². The van der Waals surface area contributed by atoms with Crippen molar-refractivity contribution in [1.29, 1.82) is 0 Å². The first-order valence-corrected chi connectivity index (χ1v) is 15.9. The van der Waals surface area contributed by atoms with Crippen LogP contribution >= 0.6 is 0 Å². The fraction of sp³-hybridized carbons (Fsp3) is 0.0909. The molecule has 1 heterocycles. The minimum absolute atomic E-state index is 0.205. The molecule has 0 saturated carbocycles. The molecular formula is C44H30O. The van der Waals surface area contributed by atoms with E-state index in [-0.39, 0.29) is 10.8 Å². The SMILES string of the molecule is CC1(C)c2ccccc2Oc2cccc(-c3ccc4c(c3)-c3ccccc3C43c4ccccc4-c4c3ccc3ccccc43)c21. The van der Waals surface area contributed by atoms with Gasteiger partial charge in [0.25, 0.3) is 0 Å². The average molecular weight is 575 g/mol. The number of rotatable bonds is 1. The van der Waals surface area contributed by atoms with Crippen LogP contribution in [-0.4, -0.2) is 0 Å². The molecule has 0 saturated heterocycles. The molecule has 0 amide bonds. The van der Waals surface area contributed by atoms with E-state index in [4.69, 9.17) is 4.74 Å². The van der Waals surface area contributed by atoms with Gasteiger partial charge in [-0.15, -0.1) is 0 Å². The molecule has 0 fully saturated rings. The lowest BCUT2D eigenvalue weighted by Gasteiger charge is -2.36. The van der Waals surface area contributed by atoms with Crippen molar-refractivity contribution in [3.8, 4) is 44.9 Å². The van der Waals surface area contributed by atoms with Gasteiger partial charge >= 0.3 is 0 Å². The maximum absolute atomic E-state index is 6.51. The van der Waals surface area contributed by atoms with Crippen molar-refractivity contribution in [3.63, 3.8) is 0 Å². The zero-order valence-corrected chi connectivity index (χ0v) is 25.3. The Balaban J connectivity index is 1.25. The van der Waals surface area contributed by atoms with E-state index in [0.29, 0.717) is 0 Å². The van der Waals surface area contributed by atoms with E-state index in [1.807, 2.05) is 0 Å². The van der Waals surface area contributed by atoms with Crippen molar-refractivity contribution in [2.24, 2.45) is 0 Å². The molecule has 212 valence electrons. The Morgan fingerprint density at radius 2 is 1.07 bits per heavy atom. The molecule has 1 atom stereocenters. The summed E-state index contributed by atoms with van der Waals surface area (Å²) < 4.78 is 6.51. The fourth-order valence-electron chi connectivity index (χ4n) is 8.91. The van der Waals surface area contributed by atoms with E-state index in [1.165, 1.54) is 77.5 Å². The molecule has 0 aromatic heterocycles. The summed E-state index contributed by atoms with van der Waals surface area (Å²) in [5, 5.41) is 2.60. The second-order valence-corrected chi connectivity index (χ2v) is 13.2. The molecule has 0 N–H and O–H groups in total. The predicted octanol–water partition coefficient (Wildman–Crippen LogP) is 11.3. The molecule has 45 heavy (non-hydrogen) atoms. The quantitative estimate of drug-likeness (QED) is 0.189. The molecule has 0 bridgehead atoms. The number of fused-ring (bicyclic) bond motifs is 14. The van der Waals surface area contributed by atoms with Crippen LogP contribution in [0.25, 0.3) is 44.2 Å². The van der Waals surface area contributed by atoms with Crippen LogP contribution in [0.1, 0.15) is 47.2 Å². The molecule has 10 rings (SSSR count). The van der Waals surface area contributed by atoms with E-state index < -0.39 is 0 Å². The highest BCUT2D eigenvalue weighted by atomic mass is 16.5. The van der Waals surface area contributed by atoms with Crippen molar-refractivity contribution in [2.75, 3.05) is 0 Å². The van der Waals surface area contributed by atoms with Crippen molar-refractivity contribution in [1.82, 2.24) is 0 Å². The molecule has 7 aromatic carbocycles. The lowest BCUT2D eigenvalue weighted by Crippen LogP contribution is -2.26. The fourth-order valence-corrected chi connectivity index (χ4v) is 8.91. The van der Waals surface area contributed by atoms with Crippen LogP contribution < -0.4 is 4.74 Å². The standard InChI is InChI=1S/C44H30O/c1-43(2)37-19-9-10-20-39(37)45-40-21-11-16-30(42(40)43)28-23-24-36-33(26-28)31-14-5-7-17-34(31)44(36)35-18-8-6-15-32(35)41-29-13-4-3-12-27(29)22-25-38(41)44/h3-26H,1-2H3. The summed E-state index contributed by atoms with van der Waals surface area (Å²) in [6.07, 6.45) is 0. The first-order valence-electron chi connectivity index (χ1n) is 15.9. The molecule has 1 nitrogen and oxygen atoms in total. The molecule has 3 aliphatic rings. The minimum atomic E-state index is -0.363. The Hall–Kier alpha value is -5.40. The number of hydrogen-bond donors (Lipinski definition) is 0. The van der Waals surface area contributed by atoms with E-state index in [2.05, 4.69) is 159 Å².